The number of hydrogen-bond acceptors (Lipinski definition) is 3. The van der Waals surface area contributed by atoms with Crippen LogP contribution in [0.15, 0.2) is 90.1 Å². The summed E-state index contributed by atoms with van der Waals surface area (Å²) in [5.41, 5.74) is 1.38. The molecule has 0 aliphatic rings. The summed E-state index contributed by atoms with van der Waals surface area (Å²) in [5.74, 6) is 0.180. The lowest BCUT2D eigenvalue weighted by atomic mass is 10.0. The van der Waals surface area contributed by atoms with Crippen molar-refractivity contribution in [3.8, 4) is 28.2 Å². The third-order valence-electron chi connectivity index (χ3n) is 4.86. The number of halogens is 3. The highest BCUT2D eigenvalue weighted by Gasteiger charge is 2.34. The lowest BCUT2D eigenvalue weighted by Crippen LogP contribution is -2.08. The summed E-state index contributed by atoms with van der Waals surface area (Å²) in [6, 6.07) is 19.0. The molecule has 4 aromatic rings. The fraction of sp³-hybridized carbons (Fsp3) is 0.0870. The molecule has 158 valence electrons. The van der Waals surface area contributed by atoms with Crippen LogP contribution in [0.5, 0.6) is 0 Å². The summed E-state index contributed by atoms with van der Waals surface area (Å²) < 4.78 is 65.6. The van der Waals surface area contributed by atoms with Crippen molar-refractivity contribution in [2.24, 2.45) is 0 Å². The van der Waals surface area contributed by atoms with Crippen molar-refractivity contribution in [1.29, 1.82) is 0 Å². The molecular formula is C23H17F3N2O2S. The molecule has 0 saturated heterocycles. The van der Waals surface area contributed by atoms with Gasteiger partial charge < -0.3 is 0 Å². The van der Waals surface area contributed by atoms with E-state index >= 15 is 0 Å². The van der Waals surface area contributed by atoms with Crippen molar-refractivity contribution in [3.05, 3.63) is 90.8 Å². The fourth-order valence-corrected chi connectivity index (χ4v) is 4.02. The maximum atomic E-state index is 13.5. The van der Waals surface area contributed by atoms with Crippen LogP contribution in [0.3, 0.4) is 0 Å². The van der Waals surface area contributed by atoms with Gasteiger partial charge in [0.25, 0.3) is 0 Å². The molecule has 1 aromatic heterocycles. The lowest BCUT2D eigenvalue weighted by molar-refractivity contribution is -0.137. The summed E-state index contributed by atoms with van der Waals surface area (Å²) in [4.78, 5) is 4.37. The number of hydrogen-bond donors (Lipinski definition) is 0. The monoisotopic (exact) mass is 442 g/mol. The molecule has 31 heavy (non-hydrogen) atoms. The number of rotatable bonds is 4. The summed E-state index contributed by atoms with van der Waals surface area (Å²) in [6.07, 6.45) is -0.301. The Kier molecular flexibility index (Phi) is 5.18. The molecule has 0 fully saturated rings. The predicted molar refractivity (Wildman–Crippen MR) is 113 cm³/mol. The van der Waals surface area contributed by atoms with E-state index in [1.54, 1.807) is 59.3 Å². The van der Waals surface area contributed by atoms with E-state index in [4.69, 9.17) is 0 Å². The van der Waals surface area contributed by atoms with Gasteiger partial charge in [-0.05, 0) is 41.5 Å². The standard InChI is InChI=1S/C23H17F3N2O2S/c1-31(29,30)19-6-4-5-17(15-19)16-9-11-18(12-10-16)28-14-13-27-22(28)20-7-2-3-8-21(20)23(24,25)26/h2-15H,1H3. The maximum absolute atomic E-state index is 13.5. The van der Waals surface area contributed by atoms with Crippen LogP contribution in [-0.2, 0) is 16.0 Å². The number of aromatic nitrogens is 2. The fourth-order valence-electron chi connectivity index (χ4n) is 3.36. The number of nitrogens with zero attached hydrogens (tertiary/aromatic N) is 2. The Morgan fingerprint density at radius 1 is 0.871 bits per heavy atom. The molecule has 0 aliphatic heterocycles. The van der Waals surface area contributed by atoms with Crippen LogP contribution in [-0.4, -0.2) is 24.2 Å². The van der Waals surface area contributed by atoms with Gasteiger partial charge >= 0.3 is 6.18 Å². The average Bonchev–Trinajstić information content (AvgIpc) is 3.22. The Balaban J connectivity index is 1.73. The van der Waals surface area contributed by atoms with Crippen molar-refractivity contribution >= 4 is 9.84 Å². The van der Waals surface area contributed by atoms with E-state index in [9.17, 15) is 21.6 Å². The van der Waals surface area contributed by atoms with E-state index in [2.05, 4.69) is 4.98 Å². The minimum atomic E-state index is -4.50. The molecule has 0 bridgehead atoms. The van der Waals surface area contributed by atoms with Crippen LogP contribution < -0.4 is 0 Å². The highest BCUT2D eigenvalue weighted by Crippen LogP contribution is 2.37. The highest BCUT2D eigenvalue weighted by molar-refractivity contribution is 7.90. The summed E-state index contributed by atoms with van der Waals surface area (Å²) in [6.45, 7) is 0. The third-order valence-corrected chi connectivity index (χ3v) is 5.97. The third kappa shape index (κ3) is 4.25. The highest BCUT2D eigenvalue weighted by atomic mass is 32.2. The zero-order valence-electron chi connectivity index (χ0n) is 16.3. The van der Waals surface area contributed by atoms with Crippen LogP contribution in [0.2, 0.25) is 0 Å². The van der Waals surface area contributed by atoms with E-state index in [1.165, 1.54) is 24.4 Å². The van der Waals surface area contributed by atoms with Crippen LogP contribution >= 0.6 is 0 Å². The SMILES string of the molecule is CS(=O)(=O)c1cccc(-c2ccc(-n3ccnc3-c3ccccc3C(F)(F)F)cc2)c1. The molecule has 0 atom stereocenters. The number of benzene rings is 3. The van der Waals surface area contributed by atoms with Crippen molar-refractivity contribution in [2.75, 3.05) is 6.26 Å². The Bertz CT molecular complexity index is 1340. The first-order chi connectivity index (χ1) is 14.6. The molecule has 0 amide bonds. The van der Waals surface area contributed by atoms with E-state index in [0.717, 1.165) is 23.4 Å². The molecular weight excluding hydrogens is 425 g/mol. The second kappa shape index (κ2) is 7.70. The quantitative estimate of drug-likeness (QED) is 0.412. The van der Waals surface area contributed by atoms with Crippen LogP contribution in [0.1, 0.15) is 5.56 Å². The molecule has 0 spiro atoms. The summed E-state index contributed by atoms with van der Waals surface area (Å²) in [5, 5.41) is 0. The van der Waals surface area contributed by atoms with Gasteiger partial charge in [0.05, 0.1) is 10.5 Å². The van der Waals surface area contributed by atoms with Gasteiger partial charge in [-0.3, -0.25) is 4.57 Å². The lowest BCUT2D eigenvalue weighted by Gasteiger charge is -2.14. The molecule has 0 N–H and O–H groups in total. The molecule has 4 nitrogen and oxygen atoms in total. The average molecular weight is 442 g/mol. The summed E-state index contributed by atoms with van der Waals surface area (Å²) >= 11 is 0. The van der Waals surface area contributed by atoms with Gasteiger partial charge in [0.1, 0.15) is 5.82 Å². The second-order valence-electron chi connectivity index (χ2n) is 7.01. The van der Waals surface area contributed by atoms with Gasteiger partial charge in [-0.15, -0.1) is 0 Å². The first-order valence-corrected chi connectivity index (χ1v) is 11.1. The molecule has 0 unspecified atom stereocenters. The van der Waals surface area contributed by atoms with E-state index in [-0.39, 0.29) is 16.3 Å². The minimum Gasteiger partial charge on any atom is -0.300 e. The Morgan fingerprint density at radius 2 is 1.58 bits per heavy atom. The zero-order valence-corrected chi connectivity index (χ0v) is 17.2. The zero-order chi connectivity index (χ0) is 22.2. The van der Waals surface area contributed by atoms with Gasteiger partial charge in [0.2, 0.25) is 0 Å². The molecule has 0 saturated carbocycles. The van der Waals surface area contributed by atoms with Gasteiger partial charge in [-0.2, -0.15) is 13.2 Å². The van der Waals surface area contributed by atoms with Crippen LogP contribution in [0.4, 0.5) is 13.2 Å². The second-order valence-corrected chi connectivity index (χ2v) is 9.03. The van der Waals surface area contributed by atoms with E-state index < -0.39 is 21.6 Å². The topological polar surface area (TPSA) is 52.0 Å². The number of imidazole rings is 1. The number of sulfone groups is 1. The molecule has 0 aliphatic carbocycles. The van der Waals surface area contributed by atoms with E-state index in [1.807, 2.05) is 0 Å². The predicted octanol–water partition coefficient (Wildman–Crippen LogP) is 5.63. The number of alkyl halides is 3. The van der Waals surface area contributed by atoms with Crippen LogP contribution in [0.25, 0.3) is 28.2 Å². The van der Waals surface area contributed by atoms with E-state index in [0.29, 0.717) is 5.69 Å². The first kappa shape index (κ1) is 20.9. The molecule has 8 heteroatoms. The van der Waals surface area contributed by atoms with Crippen molar-refractivity contribution in [1.82, 2.24) is 9.55 Å². The van der Waals surface area contributed by atoms with Crippen molar-refractivity contribution < 1.29 is 21.6 Å². The Morgan fingerprint density at radius 3 is 2.26 bits per heavy atom. The smallest absolute Gasteiger partial charge is 0.300 e. The maximum Gasteiger partial charge on any atom is 0.417 e. The summed E-state index contributed by atoms with van der Waals surface area (Å²) in [7, 11) is -3.33. The van der Waals surface area contributed by atoms with Gasteiger partial charge in [-0.25, -0.2) is 13.4 Å². The molecule has 4 rings (SSSR count). The molecule has 3 aromatic carbocycles. The van der Waals surface area contributed by atoms with Crippen molar-refractivity contribution in [3.63, 3.8) is 0 Å². The Labute approximate surface area is 177 Å². The minimum absolute atomic E-state index is 0.00932. The van der Waals surface area contributed by atoms with Crippen molar-refractivity contribution in [2.45, 2.75) is 11.1 Å². The Hall–Kier alpha value is -3.39. The first-order valence-electron chi connectivity index (χ1n) is 9.25. The molecule has 0 radical (unpaired) electrons. The van der Waals surface area contributed by atoms with Gasteiger partial charge in [0.15, 0.2) is 9.84 Å². The largest absolute Gasteiger partial charge is 0.417 e. The van der Waals surface area contributed by atoms with Crippen LogP contribution in [0, 0.1) is 0 Å². The van der Waals surface area contributed by atoms with Gasteiger partial charge in [-0.1, -0.05) is 42.5 Å². The van der Waals surface area contributed by atoms with Gasteiger partial charge in [0, 0.05) is 29.9 Å². The molecule has 1 heterocycles. The normalized spacial score (nSPS) is 12.1.